The lowest BCUT2D eigenvalue weighted by Gasteiger charge is -2.35. The zero-order valence-corrected chi connectivity index (χ0v) is 18.1. The van der Waals surface area contributed by atoms with Gasteiger partial charge in [-0.2, -0.15) is 0 Å². The van der Waals surface area contributed by atoms with E-state index in [4.69, 9.17) is 4.74 Å². The molecule has 0 radical (unpaired) electrons. The fraction of sp³-hybridized carbons (Fsp3) is 0.478. The zero-order valence-electron chi connectivity index (χ0n) is 17.3. The van der Waals surface area contributed by atoms with Crippen molar-refractivity contribution in [2.45, 2.75) is 32.1 Å². The topological polar surface area (TPSA) is 58.9 Å². The Kier molecular flexibility index (Phi) is 7.94. The maximum atomic E-state index is 11.3. The number of hydrogen-bond acceptors (Lipinski definition) is 5. The van der Waals surface area contributed by atoms with Gasteiger partial charge in [-0.25, -0.2) is 0 Å². The first-order valence-corrected chi connectivity index (χ1v) is 10.7. The highest BCUT2D eigenvalue weighted by atomic mass is 35.5. The van der Waals surface area contributed by atoms with Crippen LogP contribution in [-0.2, 0) is 12.8 Å². The van der Waals surface area contributed by atoms with E-state index in [0.29, 0.717) is 0 Å². The van der Waals surface area contributed by atoms with Crippen LogP contribution in [0.15, 0.2) is 42.5 Å². The number of anilines is 1. The van der Waals surface area contributed by atoms with Crippen molar-refractivity contribution in [1.82, 2.24) is 4.90 Å². The van der Waals surface area contributed by atoms with Crippen molar-refractivity contribution in [3.8, 4) is 5.75 Å². The number of rotatable bonds is 7. The van der Waals surface area contributed by atoms with Crippen LogP contribution in [-0.4, -0.2) is 49.2 Å². The lowest BCUT2D eigenvalue weighted by molar-refractivity contribution is -0.384. The zero-order chi connectivity index (χ0) is 20.1. The third kappa shape index (κ3) is 5.24. The van der Waals surface area contributed by atoms with Gasteiger partial charge in [0.1, 0.15) is 11.4 Å². The summed E-state index contributed by atoms with van der Waals surface area (Å²) in [5.74, 6) is 1.07. The van der Waals surface area contributed by atoms with Gasteiger partial charge in [-0.3, -0.25) is 15.0 Å². The average molecular weight is 432 g/mol. The number of hydrogen-bond donors (Lipinski definition) is 0. The Morgan fingerprint density at radius 3 is 2.53 bits per heavy atom. The molecule has 2 aromatic rings. The van der Waals surface area contributed by atoms with Crippen molar-refractivity contribution in [3.63, 3.8) is 0 Å². The third-order valence-electron chi connectivity index (χ3n) is 6.02. The number of nitrogens with zero attached hydrogens (tertiary/aromatic N) is 3. The molecular weight excluding hydrogens is 402 g/mol. The SMILES string of the molecule is Cl.O=[N+]([O-])c1ccccc1N1CCN(CCCOc2cccc3c2CCCC3)CC1. The van der Waals surface area contributed by atoms with E-state index in [-0.39, 0.29) is 23.0 Å². The Hall–Kier alpha value is -2.31. The van der Waals surface area contributed by atoms with Crippen LogP contribution in [0.2, 0.25) is 0 Å². The molecule has 0 atom stereocenters. The van der Waals surface area contributed by atoms with Gasteiger partial charge >= 0.3 is 0 Å². The molecule has 1 aliphatic heterocycles. The van der Waals surface area contributed by atoms with E-state index < -0.39 is 0 Å². The second kappa shape index (κ2) is 10.6. The number of para-hydroxylation sites is 2. The molecule has 0 bridgehead atoms. The van der Waals surface area contributed by atoms with Crippen molar-refractivity contribution in [1.29, 1.82) is 0 Å². The van der Waals surface area contributed by atoms with Gasteiger partial charge in [0.25, 0.3) is 5.69 Å². The number of ether oxygens (including phenoxy) is 1. The normalized spacial score (nSPS) is 16.5. The minimum absolute atomic E-state index is 0. The first kappa shape index (κ1) is 22.4. The molecule has 0 aromatic heterocycles. The molecule has 6 nitrogen and oxygen atoms in total. The second-order valence-electron chi connectivity index (χ2n) is 7.88. The number of nitro benzene ring substituents is 1. The van der Waals surface area contributed by atoms with Gasteiger partial charge in [-0.15, -0.1) is 12.4 Å². The summed E-state index contributed by atoms with van der Waals surface area (Å²) in [6.45, 7) is 5.22. The number of fused-ring (bicyclic) bond motifs is 1. The average Bonchev–Trinajstić information content (AvgIpc) is 2.77. The molecule has 0 unspecified atom stereocenters. The smallest absolute Gasteiger partial charge is 0.292 e. The Labute approximate surface area is 184 Å². The molecule has 0 spiro atoms. The summed E-state index contributed by atoms with van der Waals surface area (Å²) >= 11 is 0. The largest absolute Gasteiger partial charge is 0.493 e. The van der Waals surface area contributed by atoms with E-state index in [0.717, 1.165) is 63.6 Å². The van der Waals surface area contributed by atoms with E-state index >= 15 is 0 Å². The first-order valence-electron chi connectivity index (χ1n) is 10.7. The van der Waals surface area contributed by atoms with E-state index in [2.05, 4.69) is 28.0 Å². The van der Waals surface area contributed by atoms with Gasteiger partial charge in [0, 0.05) is 38.8 Å². The lowest BCUT2D eigenvalue weighted by Crippen LogP contribution is -2.47. The molecule has 2 aromatic carbocycles. The highest BCUT2D eigenvalue weighted by Gasteiger charge is 2.23. The van der Waals surface area contributed by atoms with Gasteiger partial charge < -0.3 is 9.64 Å². The number of nitro groups is 1. The van der Waals surface area contributed by atoms with Crippen molar-refractivity contribution < 1.29 is 9.66 Å². The van der Waals surface area contributed by atoms with E-state index in [1.807, 2.05) is 12.1 Å². The van der Waals surface area contributed by atoms with Crippen LogP contribution in [0.1, 0.15) is 30.4 Å². The van der Waals surface area contributed by atoms with Gasteiger partial charge in [0.15, 0.2) is 0 Å². The molecule has 4 rings (SSSR count). The summed E-state index contributed by atoms with van der Waals surface area (Å²) in [6, 6.07) is 13.5. The molecule has 1 saturated heterocycles. The fourth-order valence-corrected chi connectivity index (χ4v) is 4.45. The van der Waals surface area contributed by atoms with Gasteiger partial charge in [-0.1, -0.05) is 24.3 Å². The Balaban J connectivity index is 0.00000256. The number of halogens is 1. The number of benzene rings is 2. The second-order valence-corrected chi connectivity index (χ2v) is 7.88. The van der Waals surface area contributed by atoms with Crippen LogP contribution in [0.3, 0.4) is 0 Å². The monoisotopic (exact) mass is 431 g/mol. The number of piperazine rings is 1. The maximum Gasteiger partial charge on any atom is 0.292 e. The molecule has 30 heavy (non-hydrogen) atoms. The lowest BCUT2D eigenvalue weighted by atomic mass is 9.91. The van der Waals surface area contributed by atoms with Crippen LogP contribution in [0.5, 0.6) is 5.75 Å². The summed E-state index contributed by atoms with van der Waals surface area (Å²) in [7, 11) is 0. The van der Waals surface area contributed by atoms with Crippen molar-refractivity contribution in [3.05, 3.63) is 63.7 Å². The van der Waals surface area contributed by atoms with Crippen LogP contribution in [0, 0.1) is 10.1 Å². The maximum absolute atomic E-state index is 11.3. The standard InChI is InChI=1S/C23H29N3O3.ClH/c27-26(28)22-11-4-3-10-21(22)25-16-14-24(15-17-25)13-6-18-29-23-12-5-8-19-7-1-2-9-20(19)23;/h3-5,8,10-12H,1-2,6-7,9,13-18H2;1H. The summed E-state index contributed by atoms with van der Waals surface area (Å²) < 4.78 is 6.12. The molecule has 0 saturated carbocycles. The molecular formula is C23H30ClN3O3. The molecule has 7 heteroatoms. The Morgan fingerprint density at radius 2 is 1.73 bits per heavy atom. The van der Waals surface area contributed by atoms with Crippen LogP contribution >= 0.6 is 12.4 Å². The van der Waals surface area contributed by atoms with Gasteiger partial charge in [-0.05, 0) is 55.4 Å². The van der Waals surface area contributed by atoms with Crippen molar-refractivity contribution in [2.24, 2.45) is 0 Å². The van der Waals surface area contributed by atoms with Crippen LogP contribution in [0.4, 0.5) is 11.4 Å². The summed E-state index contributed by atoms with van der Waals surface area (Å²) in [6.07, 6.45) is 5.86. The predicted molar refractivity (Wildman–Crippen MR) is 122 cm³/mol. The molecule has 162 valence electrons. The van der Waals surface area contributed by atoms with Crippen LogP contribution in [0.25, 0.3) is 0 Å². The minimum Gasteiger partial charge on any atom is -0.493 e. The highest BCUT2D eigenvalue weighted by Crippen LogP contribution is 2.30. The molecule has 0 amide bonds. The molecule has 0 N–H and O–H groups in total. The van der Waals surface area contributed by atoms with Gasteiger partial charge in [0.2, 0.25) is 0 Å². The molecule has 1 aliphatic carbocycles. The van der Waals surface area contributed by atoms with E-state index in [1.165, 1.54) is 30.4 Å². The van der Waals surface area contributed by atoms with Crippen LogP contribution < -0.4 is 9.64 Å². The van der Waals surface area contributed by atoms with Gasteiger partial charge in [0.05, 0.1) is 11.5 Å². The summed E-state index contributed by atoms with van der Waals surface area (Å²) in [4.78, 5) is 15.5. The first-order chi connectivity index (χ1) is 14.2. The van der Waals surface area contributed by atoms with E-state index in [1.54, 1.807) is 12.1 Å². The fourth-order valence-electron chi connectivity index (χ4n) is 4.45. The molecule has 1 fully saturated rings. The molecule has 1 heterocycles. The Morgan fingerprint density at radius 1 is 0.967 bits per heavy atom. The number of aryl methyl sites for hydroxylation is 1. The minimum atomic E-state index is -0.290. The quantitative estimate of drug-likeness (QED) is 0.367. The third-order valence-corrected chi connectivity index (χ3v) is 6.02. The Bertz CT molecular complexity index is 853. The highest BCUT2D eigenvalue weighted by molar-refractivity contribution is 5.85. The van der Waals surface area contributed by atoms with Crippen molar-refractivity contribution >= 4 is 23.8 Å². The summed E-state index contributed by atoms with van der Waals surface area (Å²) in [5.41, 5.74) is 3.80. The van der Waals surface area contributed by atoms with Crippen molar-refractivity contribution in [2.75, 3.05) is 44.2 Å². The van der Waals surface area contributed by atoms with E-state index in [9.17, 15) is 10.1 Å². The predicted octanol–water partition coefficient (Wildman–Crippen LogP) is 4.49. The molecule has 2 aliphatic rings. The summed E-state index contributed by atoms with van der Waals surface area (Å²) in [5, 5.41) is 11.3.